The van der Waals surface area contributed by atoms with Crippen molar-refractivity contribution in [2.75, 3.05) is 19.7 Å². The fourth-order valence-corrected chi connectivity index (χ4v) is 4.30. The molecule has 1 aliphatic heterocycles. The van der Waals surface area contributed by atoms with Crippen LogP contribution in [0.1, 0.15) is 17.3 Å². The topological polar surface area (TPSA) is 153 Å². The summed E-state index contributed by atoms with van der Waals surface area (Å²) in [5.41, 5.74) is 2.73. The highest BCUT2D eigenvalue weighted by molar-refractivity contribution is 6.31. The van der Waals surface area contributed by atoms with E-state index in [1.165, 1.54) is 6.20 Å². The zero-order valence-corrected chi connectivity index (χ0v) is 19.5. The molecule has 0 saturated carbocycles. The number of aliphatic hydroxyl groups is 1. The van der Waals surface area contributed by atoms with Gasteiger partial charge < -0.3 is 20.3 Å². The van der Waals surface area contributed by atoms with Crippen LogP contribution >= 0.6 is 11.6 Å². The molecule has 1 aliphatic rings. The molecule has 3 N–H and O–H groups in total. The minimum absolute atomic E-state index is 0.0962. The number of carbonyl (C=O) groups excluding carboxylic acids is 2. The molecule has 0 aliphatic carbocycles. The van der Waals surface area contributed by atoms with Crippen molar-refractivity contribution in [2.24, 2.45) is 5.92 Å². The number of nitrogens with zero attached hydrogens (tertiary/aromatic N) is 6. The van der Waals surface area contributed by atoms with Crippen LogP contribution < -0.4 is 5.32 Å². The maximum Gasteiger partial charge on any atom is 0.255 e. The molecule has 1 saturated heterocycles. The standard InChI is InChI=1S/C23H21ClN8O3/c1-12(23(35)31-10-13(7-25)11-31)28-22(34)16-8-26-21-20(16)29-17(9-27-21)19-15-3-2-14(24)6-18(15)32(30-19)4-5-33/h2-3,6,8-9,12-13,33H,4-5,10-11H2,1H3,(H,26,27)(H,28,34). The number of likely N-dealkylation sites (tertiary alicyclic amines) is 1. The Bertz CT molecular complexity index is 1500. The first-order valence-electron chi connectivity index (χ1n) is 11.0. The number of fused-ring (bicyclic) bond motifs is 2. The predicted octanol–water partition coefficient (Wildman–Crippen LogP) is 1.72. The number of H-pyrrole nitrogens is 1. The average Bonchev–Trinajstić information content (AvgIpc) is 3.39. The summed E-state index contributed by atoms with van der Waals surface area (Å²) in [7, 11) is 0. The summed E-state index contributed by atoms with van der Waals surface area (Å²) in [5.74, 6) is -0.864. The summed E-state index contributed by atoms with van der Waals surface area (Å²) in [6, 6.07) is 6.70. The van der Waals surface area contributed by atoms with Crippen LogP contribution in [0.2, 0.25) is 5.02 Å². The Labute approximate surface area is 204 Å². The molecule has 178 valence electrons. The second-order valence-corrected chi connectivity index (χ2v) is 8.81. The lowest BCUT2D eigenvalue weighted by atomic mass is 10.0. The molecule has 35 heavy (non-hydrogen) atoms. The number of hydrogen-bond donors (Lipinski definition) is 3. The van der Waals surface area contributed by atoms with Crippen molar-refractivity contribution in [2.45, 2.75) is 19.5 Å². The zero-order valence-electron chi connectivity index (χ0n) is 18.7. The van der Waals surface area contributed by atoms with Gasteiger partial charge in [-0.3, -0.25) is 14.3 Å². The Morgan fingerprint density at radius 1 is 1.40 bits per heavy atom. The van der Waals surface area contributed by atoms with E-state index >= 15 is 0 Å². The van der Waals surface area contributed by atoms with E-state index in [4.69, 9.17) is 16.9 Å². The smallest absolute Gasteiger partial charge is 0.255 e. The second-order valence-electron chi connectivity index (χ2n) is 8.38. The summed E-state index contributed by atoms with van der Waals surface area (Å²) < 4.78 is 1.65. The Kier molecular flexibility index (Phi) is 5.84. The molecule has 12 heteroatoms. The first-order valence-corrected chi connectivity index (χ1v) is 11.4. The van der Waals surface area contributed by atoms with Crippen LogP contribution in [-0.4, -0.2) is 72.3 Å². The van der Waals surface area contributed by atoms with Gasteiger partial charge in [0.1, 0.15) is 22.9 Å². The number of hydrogen-bond acceptors (Lipinski definition) is 7. The van der Waals surface area contributed by atoms with Crippen LogP contribution in [-0.2, 0) is 11.3 Å². The van der Waals surface area contributed by atoms with Gasteiger partial charge in [0.25, 0.3) is 5.91 Å². The molecule has 1 unspecified atom stereocenters. The van der Waals surface area contributed by atoms with Crippen molar-refractivity contribution in [3.05, 3.63) is 41.2 Å². The Morgan fingerprint density at radius 3 is 2.94 bits per heavy atom. The van der Waals surface area contributed by atoms with Crippen LogP contribution in [0.15, 0.2) is 30.6 Å². The fraction of sp³-hybridized carbons (Fsp3) is 0.304. The fourth-order valence-electron chi connectivity index (χ4n) is 4.13. The maximum atomic E-state index is 13.0. The van der Waals surface area contributed by atoms with E-state index in [-0.39, 0.29) is 30.5 Å². The highest BCUT2D eigenvalue weighted by atomic mass is 35.5. The van der Waals surface area contributed by atoms with Gasteiger partial charge in [-0.15, -0.1) is 0 Å². The van der Waals surface area contributed by atoms with Crippen LogP contribution in [0.4, 0.5) is 0 Å². The number of nitriles is 1. The van der Waals surface area contributed by atoms with Gasteiger partial charge in [0, 0.05) is 29.7 Å². The Hall–Kier alpha value is -4.01. The van der Waals surface area contributed by atoms with E-state index in [0.717, 1.165) is 10.9 Å². The number of carbonyl (C=O) groups is 2. The molecule has 3 aromatic heterocycles. The van der Waals surface area contributed by atoms with E-state index in [0.29, 0.717) is 40.7 Å². The van der Waals surface area contributed by atoms with E-state index < -0.39 is 11.9 Å². The van der Waals surface area contributed by atoms with Gasteiger partial charge >= 0.3 is 0 Å². The largest absolute Gasteiger partial charge is 0.394 e. The van der Waals surface area contributed by atoms with Crippen molar-refractivity contribution in [1.82, 2.24) is 34.9 Å². The Morgan fingerprint density at radius 2 is 2.20 bits per heavy atom. The Balaban J connectivity index is 1.44. The predicted molar refractivity (Wildman–Crippen MR) is 127 cm³/mol. The third-order valence-corrected chi connectivity index (χ3v) is 6.22. The van der Waals surface area contributed by atoms with Crippen molar-refractivity contribution < 1.29 is 14.7 Å². The molecule has 1 fully saturated rings. The normalized spacial score (nSPS) is 14.6. The van der Waals surface area contributed by atoms with Gasteiger partial charge in [-0.05, 0) is 25.1 Å². The van der Waals surface area contributed by atoms with Crippen molar-refractivity contribution in [3.63, 3.8) is 0 Å². The number of nitrogens with one attached hydrogen (secondary N) is 2. The second kappa shape index (κ2) is 8.98. The first kappa shape index (κ1) is 22.8. The number of aromatic amines is 1. The van der Waals surface area contributed by atoms with Gasteiger partial charge in [-0.25, -0.2) is 9.97 Å². The van der Waals surface area contributed by atoms with Gasteiger partial charge in [0.15, 0.2) is 5.65 Å². The lowest BCUT2D eigenvalue weighted by molar-refractivity contribution is -0.137. The SMILES string of the molecule is CC(NC(=O)c1c[nH]c2ncc(-c3nn(CCO)c4cc(Cl)ccc34)nc12)C(=O)N1CC(C#N)C1. The van der Waals surface area contributed by atoms with Gasteiger partial charge in [-0.1, -0.05) is 11.6 Å². The van der Waals surface area contributed by atoms with Crippen LogP contribution in [0.5, 0.6) is 0 Å². The molecule has 5 rings (SSSR count). The molecule has 4 aromatic rings. The van der Waals surface area contributed by atoms with Gasteiger partial charge in [0.2, 0.25) is 5.91 Å². The highest BCUT2D eigenvalue weighted by Gasteiger charge is 2.33. The average molecular weight is 493 g/mol. The summed E-state index contributed by atoms with van der Waals surface area (Å²) in [5, 5.41) is 26.9. The molecule has 11 nitrogen and oxygen atoms in total. The molecule has 1 aromatic carbocycles. The monoisotopic (exact) mass is 492 g/mol. The maximum absolute atomic E-state index is 13.0. The zero-order chi connectivity index (χ0) is 24.7. The minimum atomic E-state index is -0.758. The number of benzene rings is 1. The highest BCUT2D eigenvalue weighted by Crippen LogP contribution is 2.30. The summed E-state index contributed by atoms with van der Waals surface area (Å²) in [6.07, 6.45) is 3.06. The van der Waals surface area contributed by atoms with Crippen LogP contribution in [0.3, 0.4) is 0 Å². The number of rotatable bonds is 6. The number of amides is 2. The molecule has 1 atom stereocenters. The van der Waals surface area contributed by atoms with E-state index in [9.17, 15) is 14.7 Å². The van der Waals surface area contributed by atoms with Gasteiger partial charge in [-0.2, -0.15) is 10.4 Å². The van der Waals surface area contributed by atoms with Crippen molar-refractivity contribution in [3.8, 4) is 17.5 Å². The van der Waals surface area contributed by atoms with Crippen molar-refractivity contribution in [1.29, 1.82) is 5.26 Å². The molecule has 0 spiro atoms. The molecule has 2 amide bonds. The third-order valence-electron chi connectivity index (χ3n) is 5.99. The van der Waals surface area contributed by atoms with E-state index in [1.807, 2.05) is 6.07 Å². The lowest BCUT2D eigenvalue weighted by Gasteiger charge is -2.37. The van der Waals surface area contributed by atoms with Crippen LogP contribution in [0.25, 0.3) is 33.5 Å². The quantitative estimate of drug-likeness (QED) is 0.370. The number of aliphatic hydroxyl groups excluding tert-OH is 1. The number of aromatic nitrogens is 5. The first-order chi connectivity index (χ1) is 16.9. The number of halogens is 1. The molecular weight excluding hydrogens is 472 g/mol. The lowest BCUT2D eigenvalue weighted by Crippen LogP contribution is -2.55. The van der Waals surface area contributed by atoms with E-state index in [2.05, 4.69) is 31.4 Å². The molecule has 0 radical (unpaired) electrons. The minimum Gasteiger partial charge on any atom is -0.394 e. The van der Waals surface area contributed by atoms with Crippen molar-refractivity contribution >= 4 is 45.5 Å². The molecular formula is C23H21ClN8O3. The van der Waals surface area contributed by atoms with E-state index in [1.54, 1.807) is 34.8 Å². The van der Waals surface area contributed by atoms with Crippen LogP contribution in [0, 0.1) is 17.2 Å². The summed E-state index contributed by atoms with van der Waals surface area (Å²) in [4.78, 5) is 39.0. The molecule has 4 heterocycles. The summed E-state index contributed by atoms with van der Waals surface area (Å²) >= 11 is 6.15. The summed E-state index contributed by atoms with van der Waals surface area (Å²) in [6.45, 7) is 2.54. The van der Waals surface area contributed by atoms with Gasteiger partial charge in [0.05, 0.1) is 42.4 Å². The molecule has 0 bridgehead atoms. The third kappa shape index (κ3) is 4.07.